The van der Waals surface area contributed by atoms with Crippen molar-refractivity contribution in [1.29, 1.82) is 10.5 Å². The van der Waals surface area contributed by atoms with Crippen LogP contribution >= 0.6 is 24.4 Å². The molecule has 0 fully saturated rings. The van der Waals surface area contributed by atoms with E-state index in [0.717, 1.165) is 0 Å². The van der Waals surface area contributed by atoms with Crippen molar-refractivity contribution >= 4 is 57.4 Å². The van der Waals surface area contributed by atoms with Gasteiger partial charge in [-0.15, -0.1) is 0 Å². The molecule has 7 nitrogen and oxygen atoms in total. The summed E-state index contributed by atoms with van der Waals surface area (Å²) in [5.74, 6) is -3.94. The summed E-state index contributed by atoms with van der Waals surface area (Å²) in [6.07, 6.45) is 0. The van der Waals surface area contributed by atoms with E-state index in [-0.39, 0.29) is 21.4 Å². The van der Waals surface area contributed by atoms with Crippen LogP contribution in [0.4, 0.5) is 11.4 Å². The maximum Gasteiger partial charge on any atom is 0.205 e. The third-order valence-electron chi connectivity index (χ3n) is 4.64. The van der Waals surface area contributed by atoms with Gasteiger partial charge in [-0.1, -0.05) is 66.9 Å². The van der Waals surface area contributed by atoms with Crippen LogP contribution in [0.1, 0.15) is 21.0 Å². The molecule has 0 aliphatic heterocycles. The van der Waals surface area contributed by atoms with Crippen molar-refractivity contribution in [2.24, 2.45) is 11.8 Å². The number of nitriles is 2. The quantitative estimate of drug-likeness (QED) is 0.350. The third kappa shape index (κ3) is 5.93. The first-order valence-corrected chi connectivity index (χ1v) is 10.8. The number of carbonyl (C=O) groups is 2. The zero-order valence-corrected chi connectivity index (χ0v) is 19.3. The Morgan fingerprint density at radius 1 is 0.676 bits per heavy atom. The number of benzene rings is 2. The Kier molecular flexibility index (Phi) is 8.25. The summed E-state index contributed by atoms with van der Waals surface area (Å²) in [5.41, 5.74) is 1.03. The smallest absolute Gasteiger partial charge is 0.205 e. The zero-order valence-electron chi connectivity index (χ0n) is 17.6. The van der Waals surface area contributed by atoms with Crippen molar-refractivity contribution in [3.63, 3.8) is 0 Å². The van der Waals surface area contributed by atoms with Gasteiger partial charge in [0.1, 0.15) is 21.4 Å². The Bertz CT molecular complexity index is 1220. The van der Waals surface area contributed by atoms with Gasteiger partial charge in [-0.05, 0) is 36.4 Å². The number of carbonyl (C=O) groups excluding carboxylic acids is 2. The second-order valence-corrected chi connectivity index (χ2v) is 7.85. The Hall–Kier alpha value is -4.31. The largest absolute Gasteiger partial charge is 0.349 e. The Morgan fingerprint density at radius 3 is 1.41 bits per heavy atom. The molecular formula is C25H17N5O2S2. The van der Waals surface area contributed by atoms with E-state index < -0.39 is 23.4 Å². The van der Waals surface area contributed by atoms with E-state index >= 15 is 0 Å². The monoisotopic (exact) mass is 483 g/mol. The van der Waals surface area contributed by atoms with Crippen molar-refractivity contribution in [1.82, 2.24) is 4.98 Å². The topological polar surface area (TPSA) is 119 Å². The number of nitrogens with zero attached hydrogens (tertiary/aromatic N) is 3. The number of thiocarbonyl (C=S) groups is 2. The predicted octanol–water partition coefficient (Wildman–Crippen LogP) is 4.61. The number of anilines is 2. The fourth-order valence-corrected chi connectivity index (χ4v) is 3.50. The van der Waals surface area contributed by atoms with Gasteiger partial charge in [0.2, 0.25) is 11.6 Å². The van der Waals surface area contributed by atoms with Gasteiger partial charge >= 0.3 is 0 Å². The van der Waals surface area contributed by atoms with Crippen molar-refractivity contribution < 1.29 is 9.59 Å². The van der Waals surface area contributed by atoms with Gasteiger partial charge in [-0.2, -0.15) is 10.5 Å². The molecule has 166 valence electrons. The minimum atomic E-state index is -1.30. The van der Waals surface area contributed by atoms with Gasteiger partial charge in [0.25, 0.3) is 0 Å². The summed E-state index contributed by atoms with van der Waals surface area (Å²) < 4.78 is 0. The lowest BCUT2D eigenvalue weighted by Gasteiger charge is -2.14. The molecule has 3 aromatic rings. The van der Waals surface area contributed by atoms with Crippen LogP contribution in [0.2, 0.25) is 0 Å². The standard InChI is InChI=1S/C25H17N5O2S2/c26-14-18(24(33)28-16-8-3-1-4-9-16)22(31)20-12-7-13-21(30-20)23(32)19(15-27)25(34)29-17-10-5-2-6-11-17/h1-13,18-19H,(H,28,33)(H,29,34). The van der Waals surface area contributed by atoms with Crippen LogP contribution in [0.15, 0.2) is 78.9 Å². The van der Waals surface area contributed by atoms with Crippen LogP contribution < -0.4 is 10.6 Å². The normalized spacial score (nSPS) is 11.7. The molecule has 0 aliphatic rings. The van der Waals surface area contributed by atoms with Gasteiger partial charge < -0.3 is 10.6 Å². The van der Waals surface area contributed by atoms with Gasteiger partial charge in [-0.3, -0.25) is 9.59 Å². The lowest BCUT2D eigenvalue weighted by Crippen LogP contribution is -2.30. The van der Waals surface area contributed by atoms with Crippen molar-refractivity contribution in [2.75, 3.05) is 10.6 Å². The molecule has 2 N–H and O–H groups in total. The summed E-state index contributed by atoms with van der Waals surface area (Å²) in [7, 11) is 0. The molecule has 1 aromatic heterocycles. The SMILES string of the molecule is N#CC(C(=O)c1cccc(C(=O)C(C#N)C(=S)Nc2ccccc2)n1)C(=S)Nc1ccccc1. The highest BCUT2D eigenvalue weighted by Crippen LogP contribution is 2.16. The molecule has 0 saturated carbocycles. The first-order chi connectivity index (χ1) is 16.4. The van der Waals surface area contributed by atoms with Crippen molar-refractivity contribution in [3.8, 4) is 12.1 Å². The number of rotatable bonds is 8. The minimum absolute atomic E-state index is 0.0142. The first-order valence-electron chi connectivity index (χ1n) is 10.0. The number of aromatic nitrogens is 1. The molecular weight excluding hydrogens is 466 g/mol. The molecule has 9 heteroatoms. The lowest BCUT2D eigenvalue weighted by molar-refractivity contribution is 0.0967. The van der Waals surface area contributed by atoms with Crippen molar-refractivity contribution in [2.45, 2.75) is 0 Å². The number of pyridine rings is 1. The predicted molar refractivity (Wildman–Crippen MR) is 136 cm³/mol. The molecule has 2 aromatic carbocycles. The van der Waals surface area contributed by atoms with E-state index in [1.54, 1.807) is 48.5 Å². The number of hydrogen-bond acceptors (Lipinski definition) is 7. The summed E-state index contributed by atoms with van der Waals surface area (Å²) in [6.45, 7) is 0. The molecule has 1 heterocycles. The van der Waals surface area contributed by atoms with E-state index in [4.69, 9.17) is 24.4 Å². The molecule has 0 radical (unpaired) electrons. The second kappa shape index (κ2) is 11.5. The average Bonchev–Trinajstić information content (AvgIpc) is 2.86. The number of hydrogen-bond donors (Lipinski definition) is 2. The minimum Gasteiger partial charge on any atom is -0.349 e. The van der Waals surface area contributed by atoms with Crippen LogP contribution in [0.25, 0.3) is 0 Å². The van der Waals surface area contributed by atoms with Gasteiger partial charge in [0.15, 0.2) is 11.8 Å². The molecule has 2 unspecified atom stereocenters. The Morgan fingerprint density at radius 2 is 1.06 bits per heavy atom. The number of nitrogens with one attached hydrogen (secondary N) is 2. The second-order valence-electron chi connectivity index (χ2n) is 6.97. The van der Waals surface area contributed by atoms with Crippen molar-refractivity contribution in [3.05, 3.63) is 90.3 Å². The molecule has 0 amide bonds. The van der Waals surface area contributed by atoms with Crippen LogP contribution in [-0.2, 0) is 0 Å². The van der Waals surface area contributed by atoms with E-state index in [2.05, 4.69) is 15.6 Å². The highest BCUT2D eigenvalue weighted by molar-refractivity contribution is 7.81. The molecule has 0 saturated heterocycles. The summed E-state index contributed by atoms with van der Waals surface area (Å²) in [5, 5.41) is 24.9. The van der Waals surface area contributed by atoms with Gasteiger partial charge in [0.05, 0.1) is 12.1 Å². The van der Waals surface area contributed by atoms with E-state index in [9.17, 15) is 20.1 Å². The summed E-state index contributed by atoms with van der Waals surface area (Å²) in [4.78, 5) is 30.1. The molecule has 0 spiro atoms. The average molecular weight is 484 g/mol. The van der Waals surface area contributed by atoms with Crippen LogP contribution in [0.3, 0.4) is 0 Å². The molecule has 0 bridgehead atoms. The number of para-hydroxylation sites is 2. The lowest BCUT2D eigenvalue weighted by atomic mass is 9.99. The zero-order chi connectivity index (χ0) is 24.5. The highest BCUT2D eigenvalue weighted by Gasteiger charge is 2.29. The van der Waals surface area contributed by atoms with E-state index in [1.165, 1.54) is 18.2 Å². The van der Waals surface area contributed by atoms with Gasteiger partial charge in [0, 0.05) is 11.4 Å². The van der Waals surface area contributed by atoms with Crippen LogP contribution in [0, 0.1) is 34.5 Å². The number of ketones is 2. The fraction of sp³-hybridized carbons (Fsp3) is 0.0800. The summed E-state index contributed by atoms with van der Waals surface area (Å²) >= 11 is 10.5. The molecule has 0 aliphatic carbocycles. The van der Waals surface area contributed by atoms with Gasteiger partial charge in [-0.25, -0.2) is 4.98 Å². The maximum absolute atomic E-state index is 13.0. The third-order valence-corrected chi connectivity index (χ3v) is 5.32. The fourth-order valence-electron chi connectivity index (χ4n) is 2.95. The summed E-state index contributed by atoms with van der Waals surface area (Å²) in [6, 6.07) is 25.8. The van der Waals surface area contributed by atoms with E-state index in [1.807, 2.05) is 24.3 Å². The Balaban J connectivity index is 1.78. The molecule has 3 rings (SSSR count). The first kappa shape index (κ1) is 24.3. The van der Waals surface area contributed by atoms with Crippen LogP contribution in [-0.4, -0.2) is 26.5 Å². The maximum atomic E-state index is 13.0. The number of Topliss-reactive ketones (excluding diaryl/α,β-unsaturated/α-hetero) is 2. The Labute approximate surface area is 207 Å². The molecule has 2 atom stereocenters. The molecule has 34 heavy (non-hydrogen) atoms. The van der Waals surface area contributed by atoms with Crippen LogP contribution in [0.5, 0.6) is 0 Å². The highest BCUT2D eigenvalue weighted by atomic mass is 32.1. The van der Waals surface area contributed by atoms with E-state index in [0.29, 0.717) is 11.4 Å².